The minimum Gasteiger partial charge on any atom is -0.376 e. The molecule has 1 saturated heterocycles. The Morgan fingerprint density at radius 3 is 2.68 bits per heavy atom. The van der Waals surface area contributed by atoms with Crippen molar-refractivity contribution in [2.24, 2.45) is 11.3 Å². The first-order chi connectivity index (χ1) is 9.18. The third kappa shape index (κ3) is 5.05. The summed E-state index contributed by atoms with van der Waals surface area (Å²) in [5, 5.41) is 7.05. The third-order valence-electron chi connectivity index (χ3n) is 4.94. The van der Waals surface area contributed by atoms with Gasteiger partial charge in [-0.15, -0.1) is 0 Å². The second kappa shape index (κ2) is 7.61. The van der Waals surface area contributed by atoms with E-state index in [0.717, 1.165) is 45.1 Å². The fourth-order valence-corrected chi connectivity index (χ4v) is 3.51. The van der Waals surface area contributed by atoms with E-state index in [1.165, 1.54) is 32.1 Å². The Morgan fingerprint density at radius 1 is 1.21 bits per heavy atom. The summed E-state index contributed by atoms with van der Waals surface area (Å²) >= 11 is 0. The average Bonchev–Trinajstić information content (AvgIpc) is 2.46. The minimum atomic E-state index is 0.416. The fraction of sp³-hybridized carbons (Fsp3) is 1.00. The van der Waals surface area contributed by atoms with Crippen LogP contribution in [0.5, 0.6) is 0 Å². The normalized spacial score (nSPS) is 26.5. The molecule has 2 aliphatic rings. The number of hydrogen-bond donors (Lipinski definition) is 2. The van der Waals surface area contributed by atoms with Crippen molar-refractivity contribution in [1.82, 2.24) is 10.6 Å². The first-order valence-corrected chi connectivity index (χ1v) is 8.21. The molecule has 0 bridgehead atoms. The molecule has 0 aromatic carbocycles. The molecule has 1 aliphatic heterocycles. The molecule has 0 amide bonds. The molecule has 0 aromatic heterocycles. The summed E-state index contributed by atoms with van der Waals surface area (Å²) in [4.78, 5) is 0. The van der Waals surface area contributed by atoms with Gasteiger partial charge in [0.2, 0.25) is 0 Å². The standard InChI is InChI=1S/C16H32N2O/c1-16(2,14-6-4-3-5-7-14)13-18-9-8-15-12-17-10-11-19-15/h14-15,17-18H,3-13H2,1-2H3. The number of morpholine rings is 1. The van der Waals surface area contributed by atoms with Crippen molar-refractivity contribution in [1.29, 1.82) is 0 Å². The Morgan fingerprint density at radius 2 is 2.00 bits per heavy atom. The monoisotopic (exact) mass is 268 g/mol. The highest BCUT2D eigenvalue weighted by atomic mass is 16.5. The van der Waals surface area contributed by atoms with Crippen LogP contribution in [-0.2, 0) is 4.74 Å². The van der Waals surface area contributed by atoms with Crippen LogP contribution >= 0.6 is 0 Å². The van der Waals surface area contributed by atoms with E-state index in [1.807, 2.05) is 0 Å². The quantitative estimate of drug-likeness (QED) is 0.726. The highest BCUT2D eigenvalue weighted by Crippen LogP contribution is 2.37. The highest BCUT2D eigenvalue weighted by Gasteiger charge is 2.30. The molecule has 1 unspecified atom stereocenters. The summed E-state index contributed by atoms with van der Waals surface area (Å²) in [7, 11) is 0. The van der Waals surface area contributed by atoms with Gasteiger partial charge in [0.15, 0.2) is 0 Å². The maximum absolute atomic E-state index is 5.72. The summed E-state index contributed by atoms with van der Waals surface area (Å²) in [6.07, 6.45) is 8.75. The lowest BCUT2D eigenvalue weighted by molar-refractivity contribution is 0.0231. The molecule has 0 spiro atoms. The molecule has 2 rings (SSSR count). The fourth-order valence-electron chi connectivity index (χ4n) is 3.51. The minimum absolute atomic E-state index is 0.416. The molecule has 1 aliphatic carbocycles. The highest BCUT2D eigenvalue weighted by molar-refractivity contribution is 4.83. The topological polar surface area (TPSA) is 33.3 Å². The van der Waals surface area contributed by atoms with Crippen LogP contribution in [0.15, 0.2) is 0 Å². The first-order valence-electron chi connectivity index (χ1n) is 8.21. The van der Waals surface area contributed by atoms with Crippen molar-refractivity contribution >= 4 is 0 Å². The van der Waals surface area contributed by atoms with E-state index in [-0.39, 0.29) is 0 Å². The molecule has 3 heteroatoms. The lowest BCUT2D eigenvalue weighted by Gasteiger charge is -2.37. The van der Waals surface area contributed by atoms with Gasteiger partial charge in [-0.05, 0) is 37.1 Å². The van der Waals surface area contributed by atoms with Gasteiger partial charge in [-0.3, -0.25) is 0 Å². The number of rotatable bonds is 6. The van der Waals surface area contributed by atoms with Gasteiger partial charge in [-0.25, -0.2) is 0 Å². The maximum atomic E-state index is 5.72. The Kier molecular flexibility index (Phi) is 6.11. The van der Waals surface area contributed by atoms with E-state index in [1.54, 1.807) is 0 Å². The van der Waals surface area contributed by atoms with Crippen molar-refractivity contribution in [2.45, 2.75) is 58.5 Å². The molecule has 19 heavy (non-hydrogen) atoms. The summed E-state index contributed by atoms with van der Waals surface area (Å²) in [5.74, 6) is 0.918. The van der Waals surface area contributed by atoms with E-state index in [4.69, 9.17) is 4.74 Å². The number of nitrogens with one attached hydrogen (secondary N) is 2. The maximum Gasteiger partial charge on any atom is 0.0712 e. The van der Waals surface area contributed by atoms with Crippen LogP contribution < -0.4 is 10.6 Å². The van der Waals surface area contributed by atoms with Gasteiger partial charge in [0.25, 0.3) is 0 Å². The molecule has 112 valence electrons. The van der Waals surface area contributed by atoms with Crippen molar-refractivity contribution in [3.8, 4) is 0 Å². The lowest BCUT2D eigenvalue weighted by atomic mass is 9.71. The third-order valence-corrected chi connectivity index (χ3v) is 4.94. The Labute approximate surface area is 118 Å². The van der Waals surface area contributed by atoms with Crippen LogP contribution in [0, 0.1) is 11.3 Å². The number of ether oxygens (including phenoxy) is 1. The summed E-state index contributed by atoms with van der Waals surface area (Å²) < 4.78 is 5.72. The zero-order valence-electron chi connectivity index (χ0n) is 12.8. The largest absolute Gasteiger partial charge is 0.376 e. The van der Waals surface area contributed by atoms with E-state index < -0.39 is 0 Å². The summed E-state index contributed by atoms with van der Waals surface area (Å²) in [6.45, 7) is 10.0. The van der Waals surface area contributed by atoms with Gasteiger partial charge in [-0.2, -0.15) is 0 Å². The van der Waals surface area contributed by atoms with E-state index in [9.17, 15) is 0 Å². The molecule has 1 heterocycles. The Bertz CT molecular complexity index is 243. The van der Waals surface area contributed by atoms with Crippen LogP contribution in [0.25, 0.3) is 0 Å². The second-order valence-corrected chi connectivity index (χ2v) is 6.99. The zero-order valence-corrected chi connectivity index (χ0v) is 12.8. The van der Waals surface area contributed by atoms with Gasteiger partial charge in [0.1, 0.15) is 0 Å². The SMILES string of the molecule is CC(C)(CNCCC1CNCCO1)C1CCCCC1. The van der Waals surface area contributed by atoms with Gasteiger partial charge in [0.05, 0.1) is 12.7 Å². The molecule has 0 aromatic rings. The van der Waals surface area contributed by atoms with Crippen molar-refractivity contribution < 1.29 is 4.74 Å². The molecular weight excluding hydrogens is 236 g/mol. The van der Waals surface area contributed by atoms with Crippen molar-refractivity contribution in [2.75, 3.05) is 32.8 Å². The van der Waals surface area contributed by atoms with Crippen LogP contribution in [0.3, 0.4) is 0 Å². The van der Waals surface area contributed by atoms with Gasteiger partial charge in [-0.1, -0.05) is 33.1 Å². The van der Waals surface area contributed by atoms with E-state index in [0.29, 0.717) is 11.5 Å². The first kappa shape index (κ1) is 15.3. The molecule has 1 saturated carbocycles. The molecule has 1 atom stereocenters. The Hall–Kier alpha value is -0.120. The molecule has 2 fully saturated rings. The van der Waals surface area contributed by atoms with Crippen LogP contribution in [0.1, 0.15) is 52.4 Å². The van der Waals surface area contributed by atoms with Crippen LogP contribution in [0.4, 0.5) is 0 Å². The van der Waals surface area contributed by atoms with E-state index in [2.05, 4.69) is 24.5 Å². The molecule has 3 nitrogen and oxygen atoms in total. The summed E-state index contributed by atoms with van der Waals surface area (Å²) in [6, 6.07) is 0. The van der Waals surface area contributed by atoms with Crippen LogP contribution in [0.2, 0.25) is 0 Å². The predicted octanol–water partition coefficient (Wildman–Crippen LogP) is 2.56. The lowest BCUT2D eigenvalue weighted by Crippen LogP contribution is -2.41. The Balaban J connectivity index is 1.60. The molecular formula is C16H32N2O. The summed E-state index contributed by atoms with van der Waals surface area (Å²) in [5.41, 5.74) is 0.450. The van der Waals surface area contributed by atoms with Crippen molar-refractivity contribution in [3.63, 3.8) is 0 Å². The average molecular weight is 268 g/mol. The van der Waals surface area contributed by atoms with Gasteiger partial charge in [0, 0.05) is 19.6 Å². The van der Waals surface area contributed by atoms with Gasteiger partial charge < -0.3 is 15.4 Å². The molecule has 2 N–H and O–H groups in total. The smallest absolute Gasteiger partial charge is 0.0712 e. The molecule has 0 radical (unpaired) electrons. The van der Waals surface area contributed by atoms with Gasteiger partial charge >= 0.3 is 0 Å². The predicted molar refractivity (Wildman–Crippen MR) is 80.5 cm³/mol. The zero-order chi connectivity index (χ0) is 13.6. The van der Waals surface area contributed by atoms with Crippen molar-refractivity contribution in [3.05, 3.63) is 0 Å². The second-order valence-electron chi connectivity index (χ2n) is 6.99. The number of hydrogen-bond acceptors (Lipinski definition) is 3. The van der Waals surface area contributed by atoms with Crippen LogP contribution in [-0.4, -0.2) is 38.9 Å². The van der Waals surface area contributed by atoms with E-state index >= 15 is 0 Å².